The highest BCUT2D eigenvalue weighted by molar-refractivity contribution is 5.27. The molecule has 1 atom stereocenters. The van der Waals surface area contributed by atoms with E-state index in [1.165, 1.54) is 18.4 Å². The molecule has 1 saturated carbocycles. The summed E-state index contributed by atoms with van der Waals surface area (Å²) in [7, 11) is 1.97. The van der Waals surface area contributed by atoms with E-state index in [0.717, 1.165) is 31.3 Å². The van der Waals surface area contributed by atoms with E-state index in [4.69, 9.17) is 9.47 Å². The summed E-state index contributed by atoms with van der Waals surface area (Å²) >= 11 is 0. The lowest BCUT2D eigenvalue weighted by Crippen LogP contribution is -2.44. The van der Waals surface area contributed by atoms with Gasteiger partial charge in [0, 0.05) is 12.6 Å². The third-order valence-corrected chi connectivity index (χ3v) is 4.32. The van der Waals surface area contributed by atoms with Crippen molar-refractivity contribution in [3.05, 3.63) is 29.8 Å². The minimum atomic E-state index is -0.724. The van der Waals surface area contributed by atoms with Crippen LogP contribution < -0.4 is 9.84 Å². The van der Waals surface area contributed by atoms with Crippen molar-refractivity contribution in [3.8, 4) is 5.75 Å². The van der Waals surface area contributed by atoms with Crippen LogP contribution in [0, 0.1) is 5.92 Å². The first-order valence-electron chi connectivity index (χ1n) is 8.70. The highest BCUT2D eigenvalue weighted by Gasteiger charge is 2.20. The molecule has 0 amide bonds. The summed E-state index contributed by atoms with van der Waals surface area (Å²) in [6, 6.07) is 8.36. The van der Waals surface area contributed by atoms with E-state index in [-0.39, 0.29) is 6.61 Å². The summed E-state index contributed by atoms with van der Waals surface area (Å²) in [5, 5.41) is 11.9. The van der Waals surface area contributed by atoms with E-state index >= 15 is 0 Å². The van der Waals surface area contributed by atoms with Gasteiger partial charge in [0.1, 0.15) is 5.75 Å². The van der Waals surface area contributed by atoms with Crippen molar-refractivity contribution in [1.29, 1.82) is 0 Å². The molecule has 1 aromatic carbocycles. The molecule has 4 heteroatoms. The number of rotatable bonds is 11. The van der Waals surface area contributed by atoms with Crippen molar-refractivity contribution < 1.29 is 14.6 Å². The fourth-order valence-corrected chi connectivity index (χ4v) is 2.25. The summed E-state index contributed by atoms with van der Waals surface area (Å²) in [6.07, 6.45) is 2.87. The van der Waals surface area contributed by atoms with Gasteiger partial charge in [-0.15, -0.1) is 0 Å². The lowest BCUT2D eigenvalue weighted by Gasteiger charge is -2.30. The van der Waals surface area contributed by atoms with E-state index in [0.29, 0.717) is 12.6 Å². The Morgan fingerprint density at radius 2 is 1.91 bits per heavy atom. The summed E-state index contributed by atoms with van der Waals surface area (Å²) in [5.74, 6) is 1.58. The van der Waals surface area contributed by atoms with E-state index in [2.05, 4.69) is 26.0 Å². The molecule has 1 aliphatic carbocycles. The molecule has 0 radical (unpaired) electrons. The third kappa shape index (κ3) is 7.34. The predicted octanol–water partition coefficient (Wildman–Crippen LogP) is 2.10. The number of ether oxygens (including phenoxy) is 2. The Morgan fingerprint density at radius 1 is 1.22 bits per heavy atom. The van der Waals surface area contributed by atoms with Gasteiger partial charge in [0.2, 0.25) is 0 Å². The lowest BCUT2D eigenvalue weighted by molar-refractivity contribution is -0.425. The monoisotopic (exact) mass is 320 g/mol. The van der Waals surface area contributed by atoms with Gasteiger partial charge in [-0.1, -0.05) is 18.2 Å². The second-order valence-electron chi connectivity index (χ2n) is 6.88. The van der Waals surface area contributed by atoms with Gasteiger partial charge in [-0.05, 0) is 70.3 Å². The smallest absolute Gasteiger partial charge is 0.119 e. The van der Waals surface area contributed by atoms with Crippen LogP contribution in [0.5, 0.6) is 5.75 Å². The van der Waals surface area contributed by atoms with Crippen LogP contribution in [0.4, 0.5) is 0 Å². The Hall–Kier alpha value is -1.10. The maximum atomic E-state index is 11.9. The summed E-state index contributed by atoms with van der Waals surface area (Å²) in [5.41, 5.74) is 1.24. The van der Waals surface area contributed by atoms with Crippen LogP contribution in [-0.4, -0.2) is 50.5 Å². The van der Waals surface area contributed by atoms with Gasteiger partial charge >= 0.3 is 0 Å². The number of benzene rings is 1. The second-order valence-corrected chi connectivity index (χ2v) is 6.88. The Balaban J connectivity index is 1.63. The number of nitrogens with zero attached hydrogens (tertiary/aromatic N) is 1. The summed E-state index contributed by atoms with van der Waals surface area (Å²) < 4.78 is 11.2. The molecule has 130 valence electrons. The van der Waals surface area contributed by atoms with Crippen molar-refractivity contribution in [2.24, 2.45) is 5.92 Å². The van der Waals surface area contributed by atoms with E-state index < -0.39 is 6.10 Å². The fourth-order valence-electron chi connectivity index (χ4n) is 2.25. The largest absolute Gasteiger partial charge is 0.849 e. The van der Waals surface area contributed by atoms with Crippen molar-refractivity contribution in [1.82, 2.24) is 4.90 Å². The molecule has 0 aromatic heterocycles. The van der Waals surface area contributed by atoms with Gasteiger partial charge in [0.25, 0.3) is 0 Å². The topological polar surface area (TPSA) is 44.8 Å². The zero-order chi connectivity index (χ0) is 16.7. The molecule has 1 fully saturated rings. The van der Waals surface area contributed by atoms with E-state index in [1.54, 1.807) is 0 Å². The maximum Gasteiger partial charge on any atom is 0.119 e. The Bertz CT molecular complexity index is 442. The molecule has 0 saturated heterocycles. The third-order valence-electron chi connectivity index (χ3n) is 4.32. The second kappa shape index (κ2) is 9.26. The van der Waals surface area contributed by atoms with Crippen LogP contribution in [0.3, 0.4) is 0 Å². The van der Waals surface area contributed by atoms with Gasteiger partial charge in [0.15, 0.2) is 0 Å². The highest BCUT2D eigenvalue weighted by atomic mass is 16.5. The molecule has 0 N–H and O–H groups in total. The minimum absolute atomic E-state index is 0.209. The first kappa shape index (κ1) is 18.2. The normalized spacial score (nSPS) is 16.1. The van der Waals surface area contributed by atoms with Crippen molar-refractivity contribution in [3.63, 3.8) is 0 Å². The van der Waals surface area contributed by atoms with Crippen LogP contribution in [0.15, 0.2) is 24.3 Å². The van der Waals surface area contributed by atoms with Crippen molar-refractivity contribution in [2.75, 3.05) is 33.4 Å². The molecule has 1 aliphatic rings. The van der Waals surface area contributed by atoms with Gasteiger partial charge in [0.05, 0.1) is 13.2 Å². The van der Waals surface area contributed by atoms with E-state index in [9.17, 15) is 5.11 Å². The summed E-state index contributed by atoms with van der Waals surface area (Å²) in [6.45, 7) is 6.58. The molecular formula is C19H30NO3-. The van der Waals surface area contributed by atoms with Gasteiger partial charge in [-0.25, -0.2) is 0 Å². The van der Waals surface area contributed by atoms with Crippen molar-refractivity contribution >= 4 is 0 Å². The molecule has 2 rings (SSSR count). The molecule has 0 aliphatic heterocycles. The number of hydrogen-bond acceptors (Lipinski definition) is 4. The SMILES string of the molecule is CC(C)N(C)CC([O-])COc1ccc(CCOCC2CC2)cc1. The van der Waals surface area contributed by atoms with E-state index in [1.807, 2.05) is 24.1 Å². The molecule has 0 spiro atoms. The minimum Gasteiger partial charge on any atom is -0.849 e. The average molecular weight is 320 g/mol. The van der Waals surface area contributed by atoms with Crippen LogP contribution in [0.25, 0.3) is 0 Å². The Morgan fingerprint density at radius 3 is 2.52 bits per heavy atom. The standard InChI is InChI=1S/C19H30NO3/c1-15(2)20(3)12-18(21)14-23-19-8-6-16(7-9-19)10-11-22-13-17-4-5-17/h6-9,15,17-18H,4-5,10-14H2,1-3H3/q-1. The lowest BCUT2D eigenvalue weighted by atomic mass is 10.1. The molecule has 4 nitrogen and oxygen atoms in total. The molecular weight excluding hydrogens is 290 g/mol. The van der Waals surface area contributed by atoms with Gasteiger partial charge in [-0.2, -0.15) is 0 Å². The first-order valence-corrected chi connectivity index (χ1v) is 8.70. The zero-order valence-corrected chi connectivity index (χ0v) is 14.7. The fraction of sp³-hybridized carbons (Fsp3) is 0.684. The first-order chi connectivity index (χ1) is 11.0. The zero-order valence-electron chi connectivity index (χ0n) is 14.7. The molecule has 0 heterocycles. The molecule has 0 bridgehead atoms. The highest BCUT2D eigenvalue weighted by Crippen LogP contribution is 2.28. The Labute approximate surface area is 140 Å². The van der Waals surface area contributed by atoms with Crippen LogP contribution in [0.1, 0.15) is 32.3 Å². The number of hydrogen-bond donors (Lipinski definition) is 0. The van der Waals surface area contributed by atoms with Crippen LogP contribution >= 0.6 is 0 Å². The molecule has 1 unspecified atom stereocenters. The number of likely N-dealkylation sites (N-methyl/N-ethyl adjacent to an activating group) is 1. The predicted molar refractivity (Wildman–Crippen MR) is 90.7 cm³/mol. The van der Waals surface area contributed by atoms with Gasteiger partial charge < -0.3 is 19.5 Å². The molecule has 1 aromatic rings. The van der Waals surface area contributed by atoms with Crippen LogP contribution in [-0.2, 0) is 11.2 Å². The summed E-state index contributed by atoms with van der Waals surface area (Å²) in [4.78, 5) is 2.05. The Kier molecular flexibility index (Phi) is 7.34. The average Bonchev–Trinajstić information content (AvgIpc) is 3.35. The molecule has 23 heavy (non-hydrogen) atoms. The van der Waals surface area contributed by atoms with Gasteiger partial charge in [-0.3, -0.25) is 0 Å². The van der Waals surface area contributed by atoms with Crippen molar-refractivity contribution in [2.45, 2.75) is 45.3 Å². The maximum absolute atomic E-state index is 11.9. The quantitative estimate of drug-likeness (QED) is 0.586. The van der Waals surface area contributed by atoms with Crippen LogP contribution in [0.2, 0.25) is 0 Å².